The molecule has 0 aromatic carbocycles. The molecule has 0 unspecified atom stereocenters. The summed E-state index contributed by atoms with van der Waals surface area (Å²) >= 11 is 0. The van der Waals surface area contributed by atoms with E-state index >= 15 is 0 Å². The van der Waals surface area contributed by atoms with E-state index in [0.29, 0.717) is 0 Å². The van der Waals surface area contributed by atoms with Gasteiger partial charge in [-0.25, -0.2) is 0 Å². The summed E-state index contributed by atoms with van der Waals surface area (Å²) in [6, 6.07) is 0. The second kappa shape index (κ2) is 5.67. The summed E-state index contributed by atoms with van der Waals surface area (Å²) in [6.45, 7) is 3.76. The van der Waals surface area contributed by atoms with Gasteiger partial charge >= 0.3 is 0 Å². The molecule has 0 spiro atoms. The Balaban J connectivity index is 3.00. The zero-order valence-electron chi connectivity index (χ0n) is 6.31. The van der Waals surface area contributed by atoms with Crippen LogP contribution in [0.1, 0.15) is 39.5 Å². The van der Waals surface area contributed by atoms with Crippen molar-refractivity contribution in [2.24, 2.45) is 0 Å². The van der Waals surface area contributed by atoms with Crippen molar-refractivity contribution >= 4 is 0 Å². The predicted octanol–water partition coefficient (Wildman–Crippen LogP) is 2.90. The lowest BCUT2D eigenvalue weighted by molar-refractivity contribution is 0.298. The highest BCUT2D eigenvalue weighted by molar-refractivity contribution is 4.84. The fourth-order valence-corrected chi connectivity index (χ4v) is 0.700. The van der Waals surface area contributed by atoms with Crippen LogP contribution in [0.25, 0.3) is 0 Å². The second-order valence-corrected chi connectivity index (χ2v) is 2.31. The Kier molecular flexibility index (Phi) is 5.38. The van der Waals surface area contributed by atoms with Gasteiger partial charge in [0.2, 0.25) is 0 Å². The van der Waals surface area contributed by atoms with Gasteiger partial charge in [0.05, 0.1) is 0 Å². The molecule has 0 aliphatic carbocycles. The third-order valence-corrected chi connectivity index (χ3v) is 1.24. The molecule has 1 heteroatoms. The lowest BCUT2D eigenvalue weighted by Gasteiger charge is -1.90. The number of rotatable bonds is 4. The Morgan fingerprint density at radius 1 is 1.44 bits per heavy atom. The Hall–Kier alpha value is -0.460. The first-order valence-electron chi connectivity index (χ1n) is 3.61. The number of hydrogen-bond acceptors (Lipinski definition) is 0. The predicted molar refractivity (Wildman–Crippen MR) is 38.6 cm³/mol. The maximum absolute atomic E-state index is 10.4. The monoisotopic (exact) mass is 127 g/mol. The molecule has 0 aliphatic rings. The summed E-state index contributed by atoms with van der Waals surface area (Å²) in [4.78, 5) is 0. The highest BCUT2D eigenvalue weighted by Gasteiger charge is 1.84. The van der Waals surface area contributed by atoms with Gasteiger partial charge in [-0.05, 0) is 25.8 Å². The molecular formula is C8H15O. The molecule has 0 bridgehead atoms. The highest BCUT2D eigenvalue weighted by atomic mass is 16.3. The average molecular weight is 127 g/mol. The van der Waals surface area contributed by atoms with Crippen molar-refractivity contribution < 1.29 is 5.11 Å². The van der Waals surface area contributed by atoms with Crippen LogP contribution in [0.15, 0.2) is 11.8 Å². The van der Waals surface area contributed by atoms with Crippen LogP contribution in [0.3, 0.4) is 0 Å². The van der Waals surface area contributed by atoms with Gasteiger partial charge in [-0.3, -0.25) is 5.11 Å². The number of unbranched alkanes of at least 4 members (excludes halogenated alkanes) is 3. The second-order valence-electron chi connectivity index (χ2n) is 2.31. The summed E-state index contributed by atoms with van der Waals surface area (Å²) in [5.74, 6) is 0.200. The van der Waals surface area contributed by atoms with Crippen LogP contribution in [0.4, 0.5) is 0 Å². The Bertz CT molecular complexity index is 80.6. The molecule has 0 fully saturated rings. The van der Waals surface area contributed by atoms with Crippen LogP contribution in [0, 0.1) is 0 Å². The molecule has 0 saturated carbocycles. The topological polar surface area (TPSA) is 19.9 Å². The van der Waals surface area contributed by atoms with Gasteiger partial charge in [-0.1, -0.05) is 19.8 Å². The minimum atomic E-state index is 0.200. The van der Waals surface area contributed by atoms with Crippen molar-refractivity contribution in [3.63, 3.8) is 0 Å². The molecule has 1 radical (unpaired) electrons. The molecule has 0 saturated heterocycles. The zero-order valence-corrected chi connectivity index (χ0v) is 6.31. The zero-order chi connectivity index (χ0) is 7.11. The van der Waals surface area contributed by atoms with Crippen LogP contribution < -0.4 is 0 Å². The van der Waals surface area contributed by atoms with Crippen molar-refractivity contribution in [3.05, 3.63) is 11.8 Å². The summed E-state index contributed by atoms with van der Waals surface area (Å²) in [7, 11) is 0. The maximum atomic E-state index is 10.4. The molecule has 0 amide bonds. The largest absolute Gasteiger partial charge is 0.296 e. The third kappa shape index (κ3) is 7.54. The minimum Gasteiger partial charge on any atom is -0.296 e. The molecule has 0 aromatic heterocycles. The standard InChI is InChI=1S/C8H15O/c1-3-4-5-6-7-8(2)9/h7H,3-6H2,1-2H3/b8-7+. The van der Waals surface area contributed by atoms with Crippen molar-refractivity contribution in [2.75, 3.05) is 0 Å². The normalized spacial score (nSPS) is 12.0. The van der Waals surface area contributed by atoms with Crippen LogP contribution in [-0.2, 0) is 5.11 Å². The van der Waals surface area contributed by atoms with Crippen LogP contribution in [-0.4, -0.2) is 0 Å². The Morgan fingerprint density at radius 2 is 2.11 bits per heavy atom. The first-order valence-corrected chi connectivity index (χ1v) is 3.61. The van der Waals surface area contributed by atoms with E-state index in [9.17, 15) is 5.11 Å². The van der Waals surface area contributed by atoms with Gasteiger partial charge in [0.1, 0.15) is 5.76 Å². The smallest absolute Gasteiger partial charge is 0.148 e. The van der Waals surface area contributed by atoms with E-state index in [1.54, 1.807) is 13.0 Å². The van der Waals surface area contributed by atoms with Crippen LogP contribution in [0.5, 0.6) is 0 Å². The molecular weight excluding hydrogens is 112 g/mol. The molecule has 0 rings (SSSR count). The van der Waals surface area contributed by atoms with E-state index in [2.05, 4.69) is 6.92 Å². The molecule has 0 heterocycles. The fourth-order valence-electron chi connectivity index (χ4n) is 0.700. The molecule has 0 atom stereocenters. The quantitative estimate of drug-likeness (QED) is 0.409. The van der Waals surface area contributed by atoms with E-state index in [4.69, 9.17) is 0 Å². The van der Waals surface area contributed by atoms with E-state index in [0.717, 1.165) is 12.8 Å². The van der Waals surface area contributed by atoms with Crippen molar-refractivity contribution in [3.8, 4) is 0 Å². The molecule has 0 aliphatic heterocycles. The average Bonchev–Trinajstić information content (AvgIpc) is 1.80. The van der Waals surface area contributed by atoms with Gasteiger partial charge in [0, 0.05) is 0 Å². The molecule has 1 nitrogen and oxygen atoms in total. The number of hydrogen-bond donors (Lipinski definition) is 0. The van der Waals surface area contributed by atoms with Gasteiger partial charge in [-0.15, -0.1) is 0 Å². The van der Waals surface area contributed by atoms with Crippen LogP contribution in [0.2, 0.25) is 0 Å². The molecule has 9 heavy (non-hydrogen) atoms. The summed E-state index contributed by atoms with van der Waals surface area (Å²) in [6.07, 6.45) is 6.35. The molecule has 53 valence electrons. The number of allylic oxidation sites excluding steroid dienone is 2. The van der Waals surface area contributed by atoms with Gasteiger partial charge in [0.15, 0.2) is 0 Å². The first kappa shape index (κ1) is 8.54. The van der Waals surface area contributed by atoms with E-state index in [-0.39, 0.29) is 5.76 Å². The molecule has 0 aromatic rings. The van der Waals surface area contributed by atoms with Crippen molar-refractivity contribution in [1.82, 2.24) is 0 Å². The highest BCUT2D eigenvalue weighted by Crippen LogP contribution is 2.01. The van der Waals surface area contributed by atoms with Crippen molar-refractivity contribution in [1.29, 1.82) is 0 Å². The lowest BCUT2D eigenvalue weighted by atomic mass is 10.2. The van der Waals surface area contributed by atoms with E-state index < -0.39 is 0 Å². The maximum Gasteiger partial charge on any atom is 0.148 e. The van der Waals surface area contributed by atoms with Gasteiger partial charge < -0.3 is 0 Å². The lowest BCUT2D eigenvalue weighted by Crippen LogP contribution is -1.72. The SMILES string of the molecule is CCCCC/C=C(\C)[O]. The summed E-state index contributed by atoms with van der Waals surface area (Å²) in [5.41, 5.74) is 0. The summed E-state index contributed by atoms with van der Waals surface area (Å²) in [5, 5.41) is 10.4. The fraction of sp³-hybridized carbons (Fsp3) is 0.750. The first-order chi connectivity index (χ1) is 4.27. The van der Waals surface area contributed by atoms with Crippen molar-refractivity contribution in [2.45, 2.75) is 39.5 Å². The Labute approximate surface area is 57.4 Å². The Morgan fingerprint density at radius 3 is 2.56 bits per heavy atom. The van der Waals surface area contributed by atoms with Gasteiger partial charge in [-0.2, -0.15) is 0 Å². The third-order valence-electron chi connectivity index (χ3n) is 1.24. The summed E-state index contributed by atoms with van der Waals surface area (Å²) < 4.78 is 0. The minimum absolute atomic E-state index is 0.200. The molecule has 0 N–H and O–H groups in total. The van der Waals surface area contributed by atoms with Crippen LogP contribution >= 0.6 is 0 Å². The van der Waals surface area contributed by atoms with E-state index in [1.165, 1.54) is 12.8 Å². The van der Waals surface area contributed by atoms with Gasteiger partial charge in [0.25, 0.3) is 0 Å². The van der Waals surface area contributed by atoms with E-state index in [1.807, 2.05) is 0 Å².